The number of nitrogens with zero attached hydrogens (tertiary/aromatic N) is 1. The predicted octanol–water partition coefficient (Wildman–Crippen LogP) is 2.41. The standard InChI is InChI=1S/C13H25NO/c1-11-4-2-7-13(10-11)14(8-9-15)12-5-3-6-12/h11-13,15H,2-10H2,1H3. The van der Waals surface area contributed by atoms with Gasteiger partial charge in [-0.3, -0.25) is 4.90 Å². The van der Waals surface area contributed by atoms with Gasteiger partial charge in [-0.05, 0) is 31.6 Å². The second-order valence-electron chi connectivity index (χ2n) is 5.47. The van der Waals surface area contributed by atoms with Crippen LogP contribution in [0.1, 0.15) is 51.9 Å². The third-order valence-corrected chi connectivity index (χ3v) is 4.28. The minimum Gasteiger partial charge on any atom is -0.395 e. The van der Waals surface area contributed by atoms with Crippen LogP contribution in [0.4, 0.5) is 0 Å². The Morgan fingerprint density at radius 2 is 1.73 bits per heavy atom. The highest BCUT2D eigenvalue weighted by molar-refractivity contribution is 4.87. The van der Waals surface area contributed by atoms with Gasteiger partial charge in [-0.15, -0.1) is 0 Å². The van der Waals surface area contributed by atoms with Gasteiger partial charge < -0.3 is 5.11 Å². The molecule has 0 aromatic rings. The van der Waals surface area contributed by atoms with E-state index in [4.69, 9.17) is 5.11 Å². The quantitative estimate of drug-likeness (QED) is 0.772. The van der Waals surface area contributed by atoms with E-state index in [9.17, 15) is 0 Å². The van der Waals surface area contributed by atoms with E-state index in [0.29, 0.717) is 6.61 Å². The minimum atomic E-state index is 0.335. The Morgan fingerprint density at radius 1 is 1.07 bits per heavy atom. The topological polar surface area (TPSA) is 23.5 Å². The van der Waals surface area contributed by atoms with Crippen molar-refractivity contribution in [1.29, 1.82) is 0 Å². The van der Waals surface area contributed by atoms with Gasteiger partial charge in [0, 0.05) is 18.6 Å². The molecule has 0 saturated heterocycles. The van der Waals surface area contributed by atoms with Crippen molar-refractivity contribution in [3.8, 4) is 0 Å². The summed E-state index contributed by atoms with van der Waals surface area (Å²) in [5.74, 6) is 0.894. The Hall–Kier alpha value is -0.0800. The Kier molecular flexibility index (Phi) is 4.04. The molecule has 2 rings (SSSR count). The van der Waals surface area contributed by atoms with Crippen molar-refractivity contribution in [3.63, 3.8) is 0 Å². The largest absolute Gasteiger partial charge is 0.395 e. The summed E-state index contributed by atoms with van der Waals surface area (Å²) in [6, 6.07) is 1.57. The molecule has 0 spiro atoms. The number of hydrogen-bond acceptors (Lipinski definition) is 2. The smallest absolute Gasteiger partial charge is 0.0558 e. The SMILES string of the molecule is CC1CCCC(N(CCO)C2CCC2)C1. The Bertz CT molecular complexity index is 191. The van der Waals surface area contributed by atoms with E-state index in [1.165, 1.54) is 44.9 Å². The van der Waals surface area contributed by atoms with Gasteiger partial charge in [0.05, 0.1) is 6.61 Å². The van der Waals surface area contributed by atoms with Crippen LogP contribution < -0.4 is 0 Å². The van der Waals surface area contributed by atoms with Gasteiger partial charge in [-0.1, -0.05) is 26.2 Å². The van der Waals surface area contributed by atoms with Crippen molar-refractivity contribution in [3.05, 3.63) is 0 Å². The van der Waals surface area contributed by atoms with Crippen LogP contribution in [0, 0.1) is 5.92 Å². The molecule has 2 atom stereocenters. The van der Waals surface area contributed by atoms with Crippen molar-refractivity contribution in [2.45, 2.75) is 64.0 Å². The number of hydrogen-bond donors (Lipinski definition) is 1. The van der Waals surface area contributed by atoms with Crippen LogP contribution in [0.3, 0.4) is 0 Å². The third kappa shape index (κ3) is 2.73. The highest BCUT2D eigenvalue weighted by Gasteiger charge is 2.32. The van der Waals surface area contributed by atoms with Crippen molar-refractivity contribution in [2.75, 3.05) is 13.2 Å². The molecule has 2 nitrogen and oxygen atoms in total. The van der Waals surface area contributed by atoms with Crippen molar-refractivity contribution >= 4 is 0 Å². The molecule has 0 aromatic heterocycles. The fraction of sp³-hybridized carbons (Fsp3) is 1.00. The van der Waals surface area contributed by atoms with Gasteiger partial charge in [0.1, 0.15) is 0 Å². The van der Waals surface area contributed by atoms with Crippen molar-refractivity contribution in [2.24, 2.45) is 5.92 Å². The maximum absolute atomic E-state index is 9.16. The summed E-state index contributed by atoms with van der Waals surface area (Å²) in [6.45, 7) is 3.62. The normalized spacial score (nSPS) is 33.0. The van der Waals surface area contributed by atoms with Crippen molar-refractivity contribution in [1.82, 2.24) is 4.90 Å². The molecule has 2 aliphatic carbocycles. The molecule has 1 N–H and O–H groups in total. The zero-order chi connectivity index (χ0) is 10.7. The summed E-state index contributed by atoms with van der Waals surface area (Å²) in [6.07, 6.45) is 9.65. The van der Waals surface area contributed by atoms with Crippen LogP contribution >= 0.6 is 0 Å². The van der Waals surface area contributed by atoms with Crippen LogP contribution in [0.15, 0.2) is 0 Å². The van der Waals surface area contributed by atoms with E-state index < -0.39 is 0 Å². The molecule has 88 valence electrons. The first-order chi connectivity index (χ1) is 7.31. The van der Waals surface area contributed by atoms with E-state index in [2.05, 4.69) is 11.8 Å². The summed E-state index contributed by atoms with van der Waals surface area (Å²) in [5, 5.41) is 9.16. The van der Waals surface area contributed by atoms with E-state index in [1.54, 1.807) is 0 Å². The van der Waals surface area contributed by atoms with Gasteiger partial charge in [-0.2, -0.15) is 0 Å². The molecule has 0 amide bonds. The second-order valence-corrected chi connectivity index (χ2v) is 5.47. The molecule has 0 aromatic carbocycles. The Balaban J connectivity index is 1.90. The molecule has 0 bridgehead atoms. The lowest BCUT2D eigenvalue weighted by molar-refractivity contribution is 0.0348. The lowest BCUT2D eigenvalue weighted by atomic mass is 9.83. The van der Waals surface area contributed by atoms with Crippen LogP contribution in [-0.2, 0) is 0 Å². The first kappa shape index (κ1) is 11.4. The lowest BCUT2D eigenvalue weighted by Gasteiger charge is -2.44. The molecule has 2 saturated carbocycles. The Labute approximate surface area is 93.7 Å². The molecule has 2 fully saturated rings. The molecule has 2 heteroatoms. The van der Waals surface area contributed by atoms with Gasteiger partial charge in [-0.25, -0.2) is 0 Å². The third-order valence-electron chi connectivity index (χ3n) is 4.28. The summed E-state index contributed by atoms with van der Waals surface area (Å²) in [4.78, 5) is 2.61. The maximum atomic E-state index is 9.16. The molecular weight excluding hydrogens is 186 g/mol. The molecule has 2 unspecified atom stereocenters. The number of rotatable bonds is 4. The fourth-order valence-electron chi connectivity index (χ4n) is 3.20. The van der Waals surface area contributed by atoms with E-state index in [-0.39, 0.29) is 0 Å². The lowest BCUT2D eigenvalue weighted by Crippen LogP contribution is -2.49. The van der Waals surface area contributed by atoms with Gasteiger partial charge in [0.25, 0.3) is 0 Å². The van der Waals surface area contributed by atoms with E-state index in [0.717, 1.165) is 24.5 Å². The minimum absolute atomic E-state index is 0.335. The monoisotopic (exact) mass is 211 g/mol. The molecule has 15 heavy (non-hydrogen) atoms. The highest BCUT2D eigenvalue weighted by atomic mass is 16.3. The van der Waals surface area contributed by atoms with Crippen molar-refractivity contribution < 1.29 is 5.11 Å². The zero-order valence-electron chi connectivity index (χ0n) is 9.99. The number of aliphatic hydroxyl groups excluding tert-OH is 1. The first-order valence-electron chi connectivity index (χ1n) is 6.68. The van der Waals surface area contributed by atoms with Crippen LogP contribution in [0.25, 0.3) is 0 Å². The summed E-state index contributed by atoms with van der Waals surface area (Å²) < 4.78 is 0. The van der Waals surface area contributed by atoms with E-state index in [1.807, 2.05) is 0 Å². The summed E-state index contributed by atoms with van der Waals surface area (Å²) >= 11 is 0. The predicted molar refractivity (Wildman–Crippen MR) is 62.9 cm³/mol. The summed E-state index contributed by atoms with van der Waals surface area (Å²) in [7, 11) is 0. The fourth-order valence-corrected chi connectivity index (χ4v) is 3.20. The molecule has 0 heterocycles. The van der Waals surface area contributed by atoms with Crippen LogP contribution in [-0.4, -0.2) is 35.2 Å². The average Bonchev–Trinajstić information content (AvgIpc) is 2.14. The zero-order valence-corrected chi connectivity index (χ0v) is 9.99. The first-order valence-corrected chi connectivity index (χ1v) is 6.68. The second kappa shape index (κ2) is 5.31. The van der Waals surface area contributed by atoms with Gasteiger partial charge in [0.2, 0.25) is 0 Å². The maximum Gasteiger partial charge on any atom is 0.0558 e. The van der Waals surface area contributed by atoms with Gasteiger partial charge >= 0.3 is 0 Å². The molecule has 0 aliphatic heterocycles. The van der Waals surface area contributed by atoms with Crippen LogP contribution in [0.5, 0.6) is 0 Å². The number of aliphatic hydroxyl groups is 1. The van der Waals surface area contributed by atoms with Gasteiger partial charge in [0.15, 0.2) is 0 Å². The highest BCUT2D eigenvalue weighted by Crippen LogP contribution is 2.33. The average molecular weight is 211 g/mol. The summed E-state index contributed by atoms with van der Waals surface area (Å²) in [5.41, 5.74) is 0. The molecule has 2 aliphatic rings. The molecular formula is C13H25NO. The van der Waals surface area contributed by atoms with Crippen LogP contribution in [0.2, 0.25) is 0 Å². The van der Waals surface area contributed by atoms with E-state index >= 15 is 0 Å². The molecule has 0 radical (unpaired) electrons. The Morgan fingerprint density at radius 3 is 2.27 bits per heavy atom.